The van der Waals surface area contributed by atoms with Crippen LogP contribution in [-0.2, 0) is 27.3 Å². The van der Waals surface area contributed by atoms with E-state index in [0.717, 1.165) is 16.7 Å². The summed E-state index contributed by atoms with van der Waals surface area (Å²) in [5, 5.41) is 17.2. The molecule has 3 N–H and O–H groups in total. The summed E-state index contributed by atoms with van der Waals surface area (Å²) < 4.78 is -0.542. The monoisotopic (exact) mass is 525 g/mol. The minimum atomic E-state index is -1.49. The predicted octanol–water partition coefficient (Wildman–Crippen LogP) is 3.43. The van der Waals surface area contributed by atoms with Crippen LogP contribution in [0.15, 0.2) is 54.6 Å². The lowest BCUT2D eigenvalue weighted by molar-refractivity contribution is -0.148. The van der Waals surface area contributed by atoms with Crippen molar-refractivity contribution in [2.45, 2.75) is 76.9 Å². The lowest BCUT2D eigenvalue weighted by Gasteiger charge is -2.33. The van der Waals surface area contributed by atoms with Gasteiger partial charge >= 0.3 is 0 Å². The van der Waals surface area contributed by atoms with Gasteiger partial charge in [0.2, 0.25) is 11.8 Å². The normalized spacial score (nSPS) is 19.1. The van der Waals surface area contributed by atoms with Crippen molar-refractivity contribution in [2.24, 2.45) is 5.92 Å². The van der Waals surface area contributed by atoms with Gasteiger partial charge in [-0.05, 0) is 50.3 Å². The number of aryl methyl sites for hydroxylation is 1. The summed E-state index contributed by atoms with van der Waals surface area (Å²) in [6.45, 7) is 9.95. The second-order valence-electron chi connectivity index (χ2n) is 10.3. The van der Waals surface area contributed by atoms with Gasteiger partial charge < -0.3 is 20.6 Å². The third-order valence-electron chi connectivity index (χ3n) is 7.11. The van der Waals surface area contributed by atoms with E-state index in [1.807, 2.05) is 89.2 Å². The highest BCUT2D eigenvalue weighted by Crippen LogP contribution is 2.40. The minimum absolute atomic E-state index is 0.209. The maximum Gasteiger partial charge on any atom is 0.254 e. The molecule has 4 atom stereocenters. The number of amides is 3. The zero-order valence-electron chi connectivity index (χ0n) is 22.4. The van der Waals surface area contributed by atoms with Crippen LogP contribution in [0.5, 0.6) is 0 Å². The third-order valence-corrected chi connectivity index (χ3v) is 8.49. The smallest absolute Gasteiger partial charge is 0.254 e. The Kier molecular flexibility index (Phi) is 9.79. The molecule has 0 bridgehead atoms. The first-order chi connectivity index (χ1) is 17.5. The first-order valence-corrected chi connectivity index (χ1v) is 13.8. The summed E-state index contributed by atoms with van der Waals surface area (Å²) in [5.41, 5.74) is 2.98. The fraction of sp³-hybridized carbons (Fsp3) is 0.483. The number of aliphatic hydroxyl groups is 1. The van der Waals surface area contributed by atoms with Crippen LogP contribution in [0.2, 0.25) is 0 Å². The van der Waals surface area contributed by atoms with Gasteiger partial charge in [0.15, 0.2) is 6.10 Å². The van der Waals surface area contributed by atoms with Crippen LogP contribution in [-0.4, -0.2) is 56.5 Å². The van der Waals surface area contributed by atoms with Gasteiger partial charge in [0, 0.05) is 17.2 Å². The van der Waals surface area contributed by atoms with Gasteiger partial charge in [0.1, 0.15) is 6.04 Å². The average molecular weight is 526 g/mol. The zero-order chi connectivity index (χ0) is 27.2. The number of benzene rings is 2. The Morgan fingerprint density at radius 3 is 2.41 bits per heavy atom. The van der Waals surface area contributed by atoms with Crippen molar-refractivity contribution in [1.82, 2.24) is 15.5 Å². The Bertz CT molecular complexity index is 1090. The molecule has 2 aromatic carbocycles. The molecular formula is C29H39N3O4S. The molecule has 3 amide bonds. The highest BCUT2D eigenvalue weighted by molar-refractivity contribution is 8.00. The molecule has 8 heteroatoms. The number of hydrogen-bond acceptors (Lipinski definition) is 5. The zero-order valence-corrected chi connectivity index (χ0v) is 23.2. The topological polar surface area (TPSA) is 98.7 Å². The predicted molar refractivity (Wildman–Crippen MR) is 148 cm³/mol. The summed E-state index contributed by atoms with van der Waals surface area (Å²) in [5.74, 6) is -0.995. The maximum absolute atomic E-state index is 13.7. The molecule has 200 valence electrons. The summed E-state index contributed by atoms with van der Waals surface area (Å²) in [6.07, 6.45) is -0.548. The fourth-order valence-electron chi connectivity index (χ4n) is 4.46. The fourth-order valence-corrected chi connectivity index (χ4v) is 5.60. The molecule has 0 aliphatic carbocycles. The minimum Gasteiger partial charge on any atom is -0.381 e. The van der Waals surface area contributed by atoms with E-state index in [9.17, 15) is 19.5 Å². The average Bonchev–Trinajstić information content (AvgIpc) is 3.21. The number of carbonyl (C=O) groups excluding carboxylic acids is 3. The van der Waals surface area contributed by atoms with Crippen LogP contribution in [0, 0.1) is 12.8 Å². The van der Waals surface area contributed by atoms with E-state index in [2.05, 4.69) is 10.6 Å². The molecule has 1 fully saturated rings. The van der Waals surface area contributed by atoms with E-state index in [0.29, 0.717) is 19.4 Å². The van der Waals surface area contributed by atoms with E-state index >= 15 is 0 Å². The molecule has 0 saturated carbocycles. The van der Waals surface area contributed by atoms with Crippen molar-refractivity contribution in [3.05, 3.63) is 71.3 Å². The largest absolute Gasteiger partial charge is 0.381 e. The molecule has 1 aliphatic heterocycles. The number of nitrogens with zero attached hydrogens (tertiary/aromatic N) is 1. The van der Waals surface area contributed by atoms with Gasteiger partial charge in [0.25, 0.3) is 5.91 Å². The molecular weight excluding hydrogens is 486 g/mol. The number of nitrogens with one attached hydrogen (secondary N) is 2. The molecule has 1 aliphatic rings. The van der Waals surface area contributed by atoms with Crippen LogP contribution in [0.1, 0.15) is 50.8 Å². The van der Waals surface area contributed by atoms with Crippen molar-refractivity contribution in [1.29, 1.82) is 0 Å². The Morgan fingerprint density at radius 1 is 1.11 bits per heavy atom. The third kappa shape index (κ3) is 7.14. The van der Waals surface area contributed by atoms with E-state index in [1.165, 1.54) is 16.7 Å². The van der Waals surface area contributed by atoms with Gasteiger partial charge in [-0.1, -0.05) is 68.4 Å². The molecule has 0 radical (unpaired) electrons. The van der Waals surface area contributed by atoms with Gasteiger partial charge in [-0.15, -0.1) is 11.8 Å². The van der Waals surface area contributed by atoms with Crippen LogP contribution in [0.3, 0.4) is 0 Å². The second-order valence-corrected chi connectivity index (χ2v) is 11.9. The van der Waals surface area contributed by atoms with Crippen LogP contribution in [0.4, 0.5) is 0 Å². The van der Waals surface area contributed by atoms with Crippen molar-refractivity contribution >= 4 is 29.5 Å². The molecule has 1 heterocycles. The molecule has 37 heavy (non-hydrogen) atoms. The van der Waals surface area contributed by atoms with Crippen LogP contribution >= 0.6 is 11.8 Å². The lowest BCUT2D eigenvalue weighted by Crippen LogP contribution is -2.59. The molecule has 2 aromatic rings. The number of rotatable bonds is 10. The van der Waals surface area contributed by atoms with E-state index in [-0.39, 0.29) is 23.6 Å². The van der Waals surface area contributed by atoms with E-state index in [1.54, 1.807) is 0 Å². The van der Waals surface area contributed by atoms with Crippen LogP contribution < -0.4 is 10.6 Å². The van der Waals surface area contributed by atoms with Crippen molar-refractivity contribution in [3.8, 4) is 0 Å². The molecule has 1 unspecified atom stereocenters. The molecule has 1 saturated heterocycles. The SMILES string of the molecule is CCC(C)C(=O)N[C@@H](Cc1ccccc1)[C@H](O)C(=O)N1CSC(C)(C)[C@H]1C(=O)NCc1ccccc1C. The first-order valence-electron chi connectivity index (χ1n) is 12.8. The Labute approximate surface area is 224 Å². The quantitative estimate of drug-likeness (QED) is 0.442. The summed E-state index contributed by atoms with van der Waals surface area (Å²) in [6, 6.07) is 15.7. The summed E-state index contributed by atoms with van der Waals surface area (Å²) in [7, 11) is 0. The second kappa shape index (κ2) is 12.6. The Hall–Kier alpha value is -2.84. The number of aliphatic hydroxyl groups excluding tert-OH is 1. The molecule has 7 nitrogen and oxygen atoms in total. The Balaban J connectivity index is 1.79. The van der Waals surface area contributed by atoms with Crippen LogP contribution in [0.25, 0.3) is 0 Å². The van der Waals surface area contributed by atoms with Gasteiger partial charge in [0.05, 0.1) is 11.9 Å². The molecule has 0 aromatic heterocycles. The molecule has 3 rings (SSSR count). The van der Waals surface area contributed by atoms with E-state index < -0.39 is 28.8 Å². The van der Waals surface area contributed by atoms with Gasteiger partial charge in [-0.2, -0.15) is 0 Å². The maximum atomic E-state index is 13.7. The van der Waals surface area contributed by atoms with Crippen molar-refractivity contribution in [2.75, 3.05) is 5.88 Å². The lowest BCUT2D eigenvalue weighted by atomic mass is 9.96. The number of thioether (sulfide) groups is 1. The number of hydrogen-bond donors (Lipinski definition) is 3. The first kappa shape index (κ1) is 28.7. The van der Waals surface area contributed by atoms with Crippen molar-refractivity contribution in [3.63, 3.8) is 0 Å². The van der Waals surface area contributed by atoms with Crippen molar-refractivity contribution < 1.29 is 19.5 Å². The molecule has 0 spiro atoms. The summed E-state index contributed by atoms with van der Waals surface area (Å²) >= 11 is 1.50. The van der Waals surface area contributed by atoms with Gasteiger partial charge in [-0.25, -0.2) is 0 Å². The summed E-state index contributed by atoms with van der Waals surface area (Å²) in [4.78, 5) is 41.2. The highest BCUT2D eigenvalue weighted by atomic mass is 32.2. The van der Waals surface area contributed by atoms with E-state index in [4.69, 9.17) is 0 Å². The Morgan fingerprint density at radius 2 is 1.76 bits per heavy atom. The van der Waals surface area contributed by atoms with Gasteiger partial charge in [-0.3, -0.25) is 14.4 Å². The standard InChI is InChI=1S/C29H39N3O4S/c1-6-19(2)26(34)31-23(16-21-13-8-7-9-14-21)24(33)28(36)32-18-37-29(4,5)25(32)27(35)30-17-22-15-11-10-12-20(22)3/h7-15,19,23-25,33H,6,16-18H2,1-5H3,(H,30,35)(H,31,34)/t19?,23-,24-,25+/m0/s1. The number of carbonyl (C=O) groups is 3. The highest BCUT2D eigenvalue weighted by Gasteiger charge is 2.49.